The lowest BCUT2D eigenvalue weighted by molar-refractivity contribution is 0.282. The Kier molecular flexibility index (Phi) is 3.36. The second-order valence-corrected chi connectivity index (χ2v) is 5.28. The van der Waals surface area contributed by atoms with Crippen LogP contribution in [0.5, 0.6) is 0 Å². The molecule has 1 unspecified atom stereocenters. The fraction of sp³-hybridized carbons (Fsp3) is 0.400. The number of aliphatic hydroxyl groups is 1. The van der Waals surface area contributed by atoms with Crippen LogP contribution in [-0.2, 0) is 0 Å². The lowest BCUT2D eigenvalue weighted by atomic mass is 10.2. The van der Waals surface area contributed by atoms with Gasteiger partial charge in [0.1, 0.15) is 0 Å². The smallest absolute Gasteiger partial charge is 0.0492 e. The molecule has 0 saturated carbocycles. The first kappa shape index (κ1) is 10.3. The SMILES string of the molecule is OCCC1CSc2ccc(Br)cc2N1. The molecule has 0 fully saturated rings. The molecule has 0 bridgehead atoms. The minimum Gasteiger partial charge on any atom is -0.396 e. The van der Waals surface area contributed by atoms with Crippen molar-refractivity contribution in [2.75, 3.05) is 17.7 Å². The van der Waals surface area contributed by atoms with Crippen LogP contribution in [0.3, 0.4) is 0 Å². The maximum atomic E-state index is 8.86. The van der Waals surface area contributed by atoms with Crippen molar-refractivity contribution < 1.29 is 5.11 Å². The van der Waals surface area contributed by atoms with Crippen molar-refractivity contribution in [1.29, 1.82) is 0 Å². The molecule has 1 aromatic rings. The van der Waals surface area contributed by atoms with E-state index in [-0.39, 0.29) is 6.61 Å². The minimum absolute atomic E-state index is 0.252. The Labute approximate surface area is 96.2 Å². The summed E-state index contributed by atoms with van der Waals surface area (Å²) < 4.78 is 1.09. The van der Waals surface area contributed by atoms with Crippen molar-refractivity contribution in [2.24, 2.45) is 0 Å². The van der Waals surface area contributed by atoms with Crippen LogP contribution in [0.4, 0.5) is 5.69 Å². The molecule has 4 heteroatoms. The van der Waals surface area contributed by atoms with E-state index in [1.54, 1.807) is 0 Å². The van der Waals surface area contributed by atoms with Gasteiger partial charge < -0.3 is 10.4 Å². The van der Waals surface area contributed by atoms with Crippen molar-refractivity contribution in [3.8, 4) is 0 Å². The topological polar surface area (TPSA) is 32.3 Å². The molecule has 0 aliphatic carbocycles. The predicted octanol–water partition coefficient (Wildman–Crippen LogP) is 2.72. The number of rotatable bonds is 2. The average Bonchev–Trinajstić information content (AvgIpc) is 2.17. The third-order valence-corrected chi connectivity index (χ3v) is 3.95. The summed E-state index contributed by atoms with van der Waals surface area (Å²) in [5.41, 5.74) is 1.18. The summed E-state index contributed by atoms with van der Waals surface area (Å²) in [6.45, 7) is 0.252. The molecule has 14 heavy (non-hydrogen) atoms. The number of nitrogens with one attached hydrogen (secondary N) is 1. The molecular formula is C10H12BrNOS. The van der Waals surface area contributed by atoms with Crippen LogP contribution in [-0.4, -0.2) is 23.5 Å². The third-order valence-electron chi connectivity index (χ3n) is 2.22. The van der Waals surface area contributed by atoms with Crippen LogP contribution in [0.25, 0.3) is 0 Å². The number of halogens is 1. The van der Waals surface area contributed by atoms with Crippen molar-refractivity contribution in [3.05, 3.63) is 22.7 Å². The lowest BCUT2D eigenvalue weighted by Crippen LogP contribution is -2.26. The van der Waals surface area contributed by atoms with Crippen LogP contribution in [0, 0.1) is 0 Å². The number of fused-ring (bicyclic) bond motifs is 1. The first-order valence-corrected chi connectivity index (χ1v) is 6.37. The fourth-order valence-corrected chi connectivity index (χ4v) is 2.93. The van der Waals surface area contributed by atoms with E-state index < -0.39 is 0 Å². The maximum absolute atomic E-state index is 8.86. The van der Waals surface area contributed by atoms with Gasteiger partial charge in [-0.1, -0.05) is 15.9 Å². The van der Waals surface area contributed by atoms with E-state index in [2.05, 4.69) is 39.4 Å². The summed E-state index contributed by atoms with van der Waals surface area (Å²) in [6.07, 6.45) is 0.818. The molecule has 1 aromatic carbocycles. The van der Waals surface area contributed by atoms with Gasteiger partial charge in [0.05, 0.1) is 0 Å². The molecule has 1 heterocycles. The standard InChI is InChI=1S/C10H12BrNOS/c11-7-1-2-10-9(5-7)12-8(3-4-13)6-14-10/h1-2,5,8,12-13H,3-4,6H2. The number of hydrogen-bond donors (Lipinski definition) is 2. The second kappa shape index (κ2) is 4.55. The van der Waals surface area contributed by atoms with Crippen molar-refractivity contribution in [3.63, 3.8) is 0 Å². The Hall–Kier alpha value is -0.190. The summed E-state index contributed by atoms with van der Waals surface area (Å²) in [5, 5.41) is 12.3. The quantitative estimate of drug-likeness (QED) is 0.869. The average molecular weight is 274 g/mol. The zero-order valence-corrected chi connectivity index (χ0v) is 10.1. The Morgan fingerprint density at radius 3 is 3.21 bits per heavy atom. The maximum Gasteiger partial charge on any atom is 0.0492 e. The zero-order chi connectivity index (χ0) is 9.97. The third kappa shape index (κ3) is 2.24. The van der Waals surface area contributed by atoms with E-state index in [0.717, 1.165) is 16.6 Å². The van der Waals surface area contributed by atoms with Gasteiger partial charge in [0.15, 0.2) is 0 Å². The number of anilines is 1. The highest BCUT2D eigenvalue weighted by molar-refractivity contribution is 9.10. The van der Waals surface area contributed by atoms with E-state index in [4.69, 9.17) is 5.11 Å². The van der Waals surface area contributed by atoms with Crippen molar-refractivity contribution >= 4 is 33.4 Å². The Morgan fingerprint density at radius 1 is 1.57 bits per heavy atom. The van der Waals surface area contributed by atoms with Gasteiger partial charge in [-0.2, -0.15) is 0 Å². The van der Waals surface area contributed by atoms with Gasteiger partial charge >= 0.3 is 0 Å². The van der Waals surface area contributed by atoms with E-state index in [1.807, 2.05) is 11.8 Å². The van der Waals surface area contributed by atoms with Crippen LogP contribution < -0.4 is 5.32 Å². The van der Waals surface area contributed by atoms with Gasteiger partial charge in [0.2, 0.25) is 0 Å². The molecule has 1 aliphatic rings. The minimum atomic E-state index is 0.252. The van der Waals surface area contributed by atoms with Gasteiger partial charge in [0.25, 0.3) is 0 Å². The summed E-state index contributed by atoms with van der Waals surface area (Å²) in [7, 11) is 0. The highest BCUT2D eigenvalue weighted by Crippen LogP contribution is 2.35. The monoisotopic (exact) mass is 273 g/mol. The molecule has 1 atom stereocenters. The Balaban J connectivity index is 2.16. The van der Waals surface area contributed by atoms with Crippen LogP contribution >= 0.6 is 27.7 Å². The summed E-state index contributed by atoms with van der Waals surface area (Å²) in [5.74, 6) is 1.04. The van der Waals surface area contributed by atoms with Crippen LogP contribution in [0.2, 0.25) is 0 Å². The predicted molar refractivity (Wildman–Crippen MR) is 64.0 cm³/mol. The van der Waals surface area contributed by atoms with E-state index in [9.17, 15) is 0 Å². The zero-order valence-electron chi connectivity index (χ0n) is 7.66. The van der Waals surface area contributed by atoms with E-state index in [0.29, 0.717) is 6.04 Å². The Morgan fingerprint density at radius 2 is 2.43 bits per heavy atom. The second-order valence-electron chi connectivity index (χ2n) is 3.31. The molecule has 1 aliphatic heterocycles. The van der Waals surface area contributed by atoms with Crippen LogP contribution in [0.1, 0.15) is 6.42 Å². The Bertz CT molecular complexity index is 332. The molecule has 0 amide bonds. The lowest BCUT2D eigenvalue weighted by Gasteiger charge is -2.26. The highest BCUT2D eigenvalue weighted by atomic mass is 79.9. The molecule has 2 nitrogen and oxygen atoms in total. The van der Waals surface area contributed by atoms with Gasteiger partial charge in [0, 0.05) is 33.5 Å². The normalized spacial score (nSPS) is 20.0. The molecule has 2 N–H and O–H groups in total. The number of thioether (sulfide) groups is 1. The largest absolute Gasteiger partial charge is 0.396 e. The van der Waals surface area contributed by atoms with Gasteiger partial charge in [-0.15, -0.1) is 11.8 Å². The molecule has 0 spiro atoms. The highest BCUT2D eigenvalue weighted by Gasteiger charge is 2.17. The molecule has 0 radical (unpaired) electrons. The van der Waals surface area contributed by atoms with Crippen LogP contribution in [0.15, 0.2) is 27.6 Å². The van der Waals surface area contributed by atoms with Gasteiger partial charge in [-0.3, -0.25) is 0 Å². The first-order valence-electron chi connectivity index (χ1n) is 4.59. The van der Waals surface area contributed by atoms with Crippen molar-refractivity contribution in [2.45, 2.75) is 17.4 Å². The number of hydrogen-bond acceptors (Lipinski definition) is 3. The molecule has 0 saturated heterocycles. The van der Waals surface area contributed by atoms with E-state index in [1.165, 1.54) is 10.6 Å². The molecule has 2 rings (SSSR count). The van der Waals surface area contributed by atoms with E-state index >= 15 is 0 Å². The first-order chi connectivity index (χ1) is 6.79. The van der Waals surface area contributed by atoms with Gasteiger partial charge in [-0.05, 0) is 24.6 Å². The molecular weight excluding hydrogens is 262 g/mol. The van der Waals surface area contributed by atoms with Crippen molar-refractivity contribution in [1.82, 2.24) is 0 Å². The number of aliphatic hydroxyl groups excluding tert-OH is 1. The fourth-order valence-electron chi connectivity index (χ4n) is 1.50. The summed E-state index contributed by atoms with van der Waals surface area (Å²) in [4.78, 5) is 1.29. The summed E-state index contributed by atoms with van der Waals surface area (Å²) in [6, 6.07) is 6.66. The summed E-state index contributed by atoms with van der Waals surface area (Å²) >= 11 is 5.30. The molecule has 76 valence electrons. The van der Waals surface area contributed by atoms with Gasteiger partial charge in [-0.25, -0.2) is 0 Å². The number of benzene rings is 1. The molecule has 0 aromatic heterocycles.